The monoisotopic (exact) mass is 303 g/mol. The quantitative estimate of drug-likeness (QED) is 0.472. The van der Waals surface area contributed by atoms with Crippen molar-refractivity contribution in [2.24, 2.45) is 0 Å². The van der Waals surface area contributed by atoms with Crippen LogP contribution in [0.5, 0.6) is 0 Å². The molecule has 2 aliphatic rings. The maximum Gasteiger partial charge on any atom is 0.375 e. The number of nitro benzene ring substituents is 1. The molecule has 0 fully saturated rings. The van der Waals surface area contributed by atoms with Crippen LogP contribution < -0.4 is 0 Å². The topological polar surface area (TPSA) is 95.7 Å². The van der Waals surface area contributed by atoms with Crippen molar-refractivity contribution in [3.8, 4) is 0 Å². The van der Waals surface area contributed by atoms with Crippen LogP contribution in [0.15, 0.2) is 35.6 Å². The zero-order chi connectivity index (χ0) is 16.1. The van der Waals surface area contributed by atoms with Crippen LogP contribution >= 0.6 is 0 Å². The number of nitrogens with zero attached hydrogens (tertiary/aromatic N) is 1. The average Bonchev–Trinajstić information content (AvgIpc) is 2.75. The lowest BCUT2D eigenvalue weighted by Crippen LogP contribution is -2.34. The molecule has 0 aliphatic carbocycles. The van der Waals surface area contributed by atoms with Crippen molar-refractivity contribution in [2.75, 3.05) is 0 Å². The molecule has 7 nitrogen and oxygen atoms in total. The third-order valence-corrected chi connectivity index (χ3v) is 3.59. The summed E-state index contributed by atoms with van der Waals surface area (Å²) in [6.07, 6.45) is -0.724. The lowest BCUT2D eigenvalue weighted by atomic mass is 9.89. The van der Waals surface area contributed by atoms with Crippen LogP contribution in [-0.2, 0) is 19.1 Å². The molecule has 0 unspecified atom stereocenters. The Kier molecular flexibility index (Phi) is 3.01. The zero-order valence-corrected chi connectivity index (χ0v) is 12.0. The first-order valence-electron chi connectivity index (χ1n) is 6.70. The van der Waals surface area contributed by atoms with Crippen LogP contribution in [0.1, 0.15) is 31.9 Å². The number of cyclic esters (lactones) is 1. The maximum atomic E-state index is 12.3. The standard InChI is InChI=1S/C15H13NO6/c1-15(2)7-10(17)11-12(21-14(18)13(11)22-15)8-3-5-9(6-4-8)16(19)20/h3-6,12H,7H2,1-2H3/t12-/m1/s1. The number of hydrogen-bond donors (Lipinski definition) is 0. The van der Waals surface area contributed by atoms with E-state index in [2.05, 4.69) is 0 Å². The number of ether oxygens (including phenoxy) is 2. The minimum atomic E-state index is -0.869. The van der Waals surface area contributed by atoms with Gasteiger partial charge in [0, 0.05) is 12.1 Å². The van der Waals surface area contributed by atoms with Crippen molar-refractivity contribution < 1.29 is 24.0 Å². The van der Waals surface area contributed by atoms with Gasteiger partial charge < -0.3 is 9.47 Å². The summed E-state index contributed by atoms with van der Waals surface area (Å²) in [6, 6.07) is 5.55. The lowest BCUT2D eigenvalue weighted by Gasteiger charge is -2.29. The average molecular weight is 303 g/mol. The first-order valence-corrected chi connectivity index (χ1v) is 6.70. The Labute approximate surface area is 125 Å². The third-order valence-electron chi connectivity index (χ3n) is 3.59. The first-order chi connectivity index (χ1) is 10.3. The second-order valence-electron chi connectivity index (χ2n) is 5.84. The van der Waals surface area contributed by atoms with E-state index in [1.54, 1.807) is 13.8 Å². The highest BCUT2D eigenvalue weighted by Gasteiger charge is 2.47. The van der Waals surface area contributed by atoms with Crippen molar-refractivity contribution in [3.05, 3.63) is 51.3 Å². The molecule has 1 aromatic carbocycles. The highest BCUT2D eigenvalue weighted by Crippen LogP contribution is 2.42. The van der Waals surface area contributed by atoms with E-state index in [-0.39, 0.29) is 29.2 Å². The van der Waals surface area contributed by atoms with Crippen LogP contribution in [0.4, 0.5) is 5.69 Å². The van der Waals surface area contributed by atoms with Gasteiger partial charge in [-0.25, -0.2) is 4.79 Å². The number of hydrogen-bond acceptors (Lipinski definition) is 6. The van der Waals surface area contributed by atoms with E-state index in [0.29, 0.717) is 5.56 Å². The molecule has 1 aromatic rings. The predicted octanol–water partition coefficient (Wildman–Crippen LogP) is 2.21. The molecular weight excluding hydrogens is 290 g/mol. The van der Waals surface area contributed by atoms with Gasteiger partial charge in [-0.3, -0.25) is 14.9 Å². The van der Waals surface area contributed by atoms with Crippen molar-refractivity contribution in [1.82, 2.24) is 0 Å². The van der Waals surface area contributed by atoms with E-state index in [9.17, 15) is 19.7 Å². The molecule has 0 bridgehead atoms. The molecule has 1 atom stereocenters. The Balaban J connectivity index is 1.99. The SMILES string of the molecule is CC1(C)CC(=O)C2=C(O1)C(=O)O[C@@H]2c1ccc([N+](=O)[O-])cc1. The molecule has 114 valence electrons. The van der Waals surface area contributed by atoms with Gasteiger partial charge >= 0.3 is 5.97 Å². The summed E-state index contributed by atoms with van der Waals surface area (Å²) in [4.78, 5) is 34.4. The number of ketones is 1. The minimum Gasteiger partial charge on any atom is -0.480 e. The van der Waals surface area contributed by atoms with Crippen molar-refractivity contribution >= 4 is 17.4 Å². The fraction of sp³-hybridized carbons (Fsp3) is 0.333. The Hall–Kier alpha value is -2.70. The smallest absolute Gasteiger partial charge is 0.375 e. The summed E-state index contributed by atoms with van der Waals surface area (Å²) in [5.74, 6) is -0.940. The molecule has 0 amide bonds. The van der Waals surface area contributed by atoms with Gasteiger partial charge in [0.2, 0.25) is 5.76 Å². The van der Waals surface area contributed by atoms with Gasteiger partial charge in [-0.15, -0.1) is 0 Å². The molecule has 22 heavy (non-hydrogen) atoms. The number of carbonyl (C=O) groups excluding carboxylic acids is 2. The van der Waals surface area contributed by atoms with Crippen LogP contribution in [0.2, 0.25) is 0 Å². The fourth-order valence-electron chi connectivity index (χ4n) is 2.62. The molecule has 0 aromatic heterocycles. The molecule has 3 rings (SSSR count). The van der Waals surface area contributed by atoms with E-state index in [0.717, 1.165) is 0 Å². The second kappa shape index (κ2) is 4.66. The lowest BCUT2D eigenvalue weighted by molar-refractivity contribution is -0.384. The predicted molar refractivity (Wildman–Crippen MR) is 73.7 cm³/mol. The van der Waals surface area contributed by atoms with Crippen LogP contribution in [-0.4, -0.2) is 22.3 Å². The summed E-state index contributed by atoms with van der Waals surface area (Å²) in [5.41, 5.74) is -0.132. The number of esters is 1. The van der Waals surface area contributed by atoms with Gasteiger partial charge in [-0.2, -0.15) is 0 Å². The zero-order valence-electron chi connectivity index (χ0n) is 12.0. The van der Waals surface area contributed by atoms with Gasteiger partial charge in [-0.1, -0.05) is 0 Å². The number of benzene rings is 1. The number of carbonyl (C=O) groups is 2. The van der Waals surface area contributed by atoms with Crippen LogP contribution in [0.25, 0.3) is 0 Å². The normalized spacial score (nSPS) is 22.9. The van der Waals surface area contributed by atoms with Gasteiger partial charge in [0.1, 0.15) is 5.60 Å². The molecule has 0 saturated heterocycles. The molecule has 7 heteroatoms. The molecule has 2 heterocycles. The van der Waals surface area contributed by atoms with E-state index >= 15 is 0 Å². The summed E-state index contributed by atoms with van der Waals surface area (Å²) >= 11 is 0. The highest BCUT2D eigenvalue weighted by molar-refractivity contribution is 6.07. The summed E-state index contributed by atoms with van der Waals surface area (Å²) in [7, 11) is 0. The fourth-order valence-corrected chi connectivity index (χ4v) is 2.62. The Morgan fingerprint density at radius 2 is 1.86 bits per heavy atom. The van der Waals surface area contributed by atoms with E-state index < -0.39 is 22.6 Å². The molecule has 0 spiro atoms. The molecule has 0 N–H and O–H groups in total. The maximum absolute atomic E-state index is 12.3. The second-order valence-corrected chi connectivity index (χ2v) is 5.84. The van der Waals surface area contributed by atoms with Crippen LogP contribution in [0, 0.1) is 10.1 Å². The Morgan fingerprint density at radius 3 is 2.45 bits per heavy atom. The number of nitro groups is 1. The van der Waals surface area contributed by atoms with E-state index in [1.165, 1.54) is 24.3 Å². The number of non-ortho nitro benzene ring substituents is 1. The van der Waals surface area contributed by atoms with Gasteiger partial charge in [-0.05, 0) is 31.5 Å². The number of rotatable bonds is 2. The molecular formula is C15H13NO6. The Morgan fingerprint density at radius 1 is 1.23 bits per heavy atom. The van der Waals surface area contributed by atoms with Crippen molar-refractivity contribution in [2.45, 2.75) is 32.0 Å². The van der Waals surface area contributed by atoms with E-state index in [1.807, 2.05) is 0 Å². The minimum absolute atomic E-state index is 0.0513. The van der Waals surface area contributed by atoms with E-state index in [4.69, 9.17) is 9.47 Å². The summed E-state index contributed by atoms with van der Waals surface area (Å²) < 4.78 is 10.8. The summed E-state index contributed by atoms with van der Waals surface area (Å²) in [5, 5.41) is 10.7. The third kappa shape index (κ3) is 2.24. The highest BCUT2D eigenvalue weighted by atomic mass is 16.6. The first kappa shape index (κ1) is 14.2. The molecule has 0 radical (unpaired) electrons. The molecule has 2 aliphatic heterocycles. The van der Waals surface area contributed by atoms with Crippen molar-refractivity contribution in [1.29, 1.82) is 0 Å². The van der Waals surface area contributed by atoms with Gasteiger partial charge in [0.15, 0.2) is 11.9 Å². The van der Waals surface area contributed by atoms with Gasteiger partial charge in [0.05, 0.1) is 16.9 Å². The number of Topliss-reactive ketones (excluding diaryl/α,β-unsaturated/α-hetero) is 1. The molecule has 0 saturated carbocycles. The Bertz CT molecular complexity index is 716. The van der Waals surface area contributed by atoms with Crippen molar-refractivity contribution in [3.63, 3.8) is 0 Å². The largest absolute Gasteiger partial charge is 0.480 e. The van der Waals surface area contributed by atoms with Gasteiger partial charge in [0.25, 0.3) is 5.69 Å². The van der Waals surface area contributed by atoms with Crippen LogP contribution in [0.3, 0.4) is 0 Å². The summed E-state index contributed by atoms with van der Waals surface area (Å²) in [6.45, 7) is 3.45.